The molecule has 4 aromatic rings. The van der Waals surface area contributed by atoms with Crippen molar-refractivity contribution in [1.29, 1.82) is 0 Å². The van der Waals surface area contributed by atoms with Crippen LogP contribution in [0.3, 0.4) is 0 Å². The van der Waals surface area contributed by atoms with Crippen LogP contribution in [0.15, 0.2) is 41.5 Å². The van der Waals surface area contributed by atoms with E-state index in [0.29, 0.717) is 35.6 Å². The Morgan fingerprint density at radius 3 is 2.47 bits per heavy atom. The molecule has 2 aromatic heterocycles. The largest absolute Gasteiger partial charge is 0.493 e. The SMILES string of the molecule is COc1cc2[nH]c3c(=O)n(CCC(=O)N4CCN(c5cc(C)ccc5C)CC4)cnc3c2cc1OC. The number of hydrogen-bond acceptors (Lipinski definition) is 6. The predicted molar refractivity (Wildman–Crippen MR) is 140 cm³/mol. The minimum atomic E-state index is -0.207. The summed E-state index contributed by atoms with van der Waals surface area (Å²) in [6, 6.07) is 10.1. The van der Waals surface area contributed by atoms with E-state index in [1.165, 1.54) is 27.7 Å². The van der Waals surface area contributed by atoms with Gasteiger partial charge in [-0.3, -0.25) is 14.2 Å². The van der Waals surface area contributed by atoms with Gasteiger partial charge in [-0.2, -0.15) is 0 Å². The van der Waals surface area contributed by atoms with Crippen molar-refractivity contribution in [2.75, 3.05) is 45.3 Å². The van der Waals surface area contributed by atoms with Gasteiger partial charge in [0.05, 0.1) is 26.1 Å². The van der Waals surface area contributed by atoms with Gasteiger partial charge in [-0.15, -0.1) is 0 Å². The molecule has 0 atom stereocenters. The number of amides is 1. The van der Waals surface area contributed by atoms with Crippen molar-refractivity contribution in [1.82, 2.24) is 19.4 Å². The molecule has 188 valence electrons. The molecule has 3 heterocycles. The van der Waals surface area contributed by atoms with Crippen LogP contribution in [0.5, 0.6) is 11.5 Å². The van der Waals surface area contributed by atoms with Crippen LogP contribution in [0.4, 0.5) is 5.69 Å². The summed E-state index contributed by atoms with van der Waals surface area (Å²) in [7, 11) is 3.14. The van der Waals surface area contributed by atoms with Gasteiger partial charge in [0.15, 0.2) is 11.5 Å². The molecule has 1 aliphatic heterocycles. The van der Waals surface area contributed by atoms with Gasteiger partial charge in [-0.1, -0.05) is 12.1 Å². The van der Waals surface area contributed by atoms with Crippen molar-refractivity contribution in [3.63, 3.8) is 0 Å². The fourth-order valence-corrected chi connectivity index (χ4v) is 4.91. The van der Waals surface area contributed by atoms with Gasteiger partial charge in [0, 0.05) is 56.3 Å². The lowest BCUT2D eigenvalue weighted by Gasteiger charge is -2.37. The number of carbonyl (C=O) groups is 1. The average molecular weight is 490 g/mol. The molecule has 9 nitrogen and oxygen atoms in total. The van der Waals surface area contributed by atoms with E-state index in [0.717, 1.165) is 24.0 Å². The van der Waals surface area contributed by atoms with E-state index in [1.807, 2.05) is 11.0 Å². The molecule has 1 amide bonds. The van der Waals surface area contributed by atoms with Gasteiger partial charge in [0.25, 0.3) is 5.56 Å². The summed E-state index contributed by atoms with van der Waals surface area (Å²) in [4.78, 5) is 38.0. The topological polar surface area (TPSA) is 92.7 Å². The monoisotopic (exact) mass is 489 g/mol. The normalized spacial score (nSPS) is 14.0. The zero-order chi connectivity index (χ0) is 25.4. The first-order chi connectivity index (χ1) is 17.4. The number of nitrogens with zero attached hydrogens (tertiary/aromatic N) is 4. The Balaban J connectivity index is 1.27. The fraction of sp³-hybridized carbons (Fsp3) is 0.370. The molecule has 0 unspecified atom stereocenters. The van der Waals surface area contributed by atoms with Crippen molar-refractivity contribution >= 4 is 33.5 Å². The van der Waals surface area contributed by atoms with Gasteiger partial charge < -0.3 is 24.3 Å². The number of piperazine rings is 1. The van der Waals surface area contributed by atoms with Gasteiger partial charge in [0.1, 0.15) is 11.0 Å². The smallest absolute Gasteiger partial charge is 0.277 e. The van der Waals surface area contributed by atoms with E-state index in [2.05, 4.69) is 46.9 Å². The van der Waals surface area contributed by atoms with Crippen LogP contribution < -0.4 is 19.9 Å². The molecule has 1 fully saturated rings. The Bertz CT molecular complexity index is 1500. The van der Waals surface area contributed by atoms with Gasteiger partial charge in [0.2, 0.25) is 5.91 Å². The summed E-state index contributed by atoms with van der Waals surface area (Å²) in [6.07, 6.45) is 1.76. The quantitative estimate of drug-likeness (QED) is 0.447. The molecule has 1 aliphatic rings. The Morgan fingerprint density at radius 1 is 1.03 bits per heavy atom. The number of carbonyl (C=O) groups excluding carboxylic acids is 1. The third-order valence-corrected chi connectivity index (χ3v) is 6.98. The van der Waals surface area contributed by atoms with Gasteiger partial charge >= 0.3 is 0 Å². The molecule has 0 bridgehead atoms. The molecule has 2 aromatic carbocycles. The molecule has 0 radical (unpaired) electrons. The van der Waals surface area contributed by atoms with Crippen LogP contribution in [0.25, 0.3) is 21.9 Å². The van der Waals surface area contributed by atoms with Crippen LogP contribution in [-0.2, 0) is 11.3 Å². The maximum Gasteiger partial charge on any atom is 0.277 e. The highest BCUT2D eigenvalue weighted by atomic mass is 16.5. The first kappa shape index (κ1) is 23.7. The molecule has 5 rings (SSSR count). The average Bonchev–Trinajstić information content (AvgIpc) is 3.27. The predicted octanol–water partition coefficient (Wildman–Crippen LogP) is 3.25. The van der Waals surface area contributed by atoms with E-state index in [1.54, 1.807) is 20.3 Å². The second-order valence-electron chi connectivity index (χ2n) is 9.25. The highest BCUT2D eigenvalue weighted by molar-refractivity contribution is 6.05. The van der Waals surface area contributed by atoms with Gasteiger partial charge in [-0.05, 0) is 37.1 Å². The van der Waals surface area contributed by atoms with E-state index in [-0.39, 0.29) is 24.4 Å². The number of nitrogens with one attached hydrogen (secondary N) is 1. The molecule has 36 heavy (non-hydrogen) atoms. The fourth-order valence-electron chi connectivity index (χ4n) is 4.91. The maximum atomic E-state index is 13.2. The summed E-state index contributed by atoms with van der Waals surface area (Å²) in [5.74, 6) is 1.19. The minimum Gasteiger partial charge on any atom is -0.493 e. The standard InChI is InChI=1S/C27H31N5O4/c1-17-5-6-18(2)21(13-17)30-9-11-31(12-10-30)24(33)7-8-32-16-28-25-19-14-22(35-3)23(36-4)15-20(19)29-26(25)27(32)34/h5-6,13-16,29H,7-12H2,1-4H3. The number of rotatable bonds is 6. The number of ether oxygens (including phenoxy) is 2. The summed E-state index contributed by atoms with van der Waals surface area (Å²) >= 11 is 0. The first-order valence-electron chi connectivity index (χ1n) is 12.1. The molecule has 0 spiro atoms. The number of methoxy groups -OCH3 is 2. The van der Waals surface area contributed by atoms with Gasteiger partial charge in [-0.25, -0.2) is 4.98 Å². The number of aryl methyl sites for hydroxylation is 3. The second-order valence-corrected chi connectivity index (χ2v) is 9.25. The maximum absolute atomic E-state index is 13.2. The number of benzene rings is 2. The number of fused-ring (bicyclic) bond motifs is 3. The Morgan fingerprint density at radius 2 is 1.75 bits per heavy atom. The van der Waals surface area contributed by atoms with Crippen LogP contribution in [0.2, 0.25) is 0 Å². The zero-order valence-electron chi connectivity index (χ0n) is 21.1. The number of anilines is 1. The van der Waals surface area contributed by atoms with Crippen LogP contribution >= 0.6 is 0 Å². The lowest BCUT2D eigenvalue weighted by atomic mass is 10.1. The molecule has 1 saturated heterocycles. The van der Waals surface area contributed by atoms with Crippen molar-refractivity contribution in [3.05, 3.63) is 58.1 Å². The van der Waals surface area contributed by atoms with Crippen molar-refractivity contribution in [2.24, 2.45) is 0 Å². The molecular formula is C27H31N5O4. The molecule has 9 heteroatoms. The minimum absolute atomic E-state index is 0.0498. The third kappa shape index (κ3) is 4.25. The summed E-state index contributed by atoms with van der Waals surface area (Å²) < 4.78 is 12.2. The summed E-state index contributed by atoms with van der Waals surface area (Å²) in [5.41, 5.74) is 5.22. The van der Waals surface area contributed by atoms with Crippen LogP contribution in [0.1, 0.15) is 17.5 Å². The third-order valence-electron chi connectivity index (χ3n) is 6.98. The van der Waals surface area contributed by atoms with Crippen molar-refractivity contribution in [3.8, 4) is 11.5 Å². The Hall–Kier alpha value is -4.01. The Kier molecular flexibility index (Phi) is 6.30. The van der Waals surface area contributed by atoms with E-state index in [4.69, 9.17) is 9.47 Å². The number of hydrogen-bond donors (Lipinski definition) is 1. The summed E-state index contributed by atoms with van der Waals surface area (Å²) in [5, 5.41) is 0.782. The molecule has 1 N–H and O–H groups in total. The highest BCUT2D eigenvalue weighted by Crippen LogP contribution is 2.34. The van der Waals surface area contributed by atoms with Crippen molar-refractivity contribution < 1.29 is 14.3 Å². The lowest BCUT2D eigenvalue weighted by molar-refractivity contribution is -0.131. The highest BCUT2D eigenvalue weighted by Gasteiger charge is 2.22. The first-order valence-corrected chi connectivity index (χ1v) is 12.1. The lowest BCUT2D eigenvalue weighted by Crippen LogP contribution is -2.49. The molecule has 0 aliphatic carbocycles. The van der Waals surface area contributed by atoms with Crippen LogP contribution in [-0.4, -0.2) is 65.7 Å². The molecular weight excluding hydrogens is 458 g/mol. The number of aromatic amines is 1. The number of H-pyrrole nitrogens is 1. The molecule has 0 saturated carbocycles. The number of aromatic nitrogens is 3. The Labute approximate surface area is 209 Å². The zero-order valence-corrected chi connectivity index (χ0v) is 21.1. The van der Waals surface area contributed by atoms with E-state index >= 15 is 0 Å². The second kappa shape index (κ2) is 9.56. The van der Waals surface area contributed by atoms with E-state index < -0.39 is 0 Å². The summed E-state index contributed by atoms with van der Waals surface area (Å²) in [6.45, 7) is 7.43. The van der Waals surface area contributed by atoms with Crippen molar-refractivity contribution in [2.45, 2.75) is 26.8 Å². The van der Waals surface area contributed by atoms with Crippen LogP contribution in [0, 0.1) is 13.8 Å². The van der Waals surface area contributed by atoms with E-state index in [9.17, 15) is 9.59 Å².